The second-order valence-electron chi connectivity index (χ2n) is 6.82. The number of fused-ring (bicyclic) bond motifs is 1. The Labute approximate surface area is 148 Å². The Hall–Kier alpha value is -2.46. The molecular weight excluding hydrogens is 312 g/mol. The van der Waals surface area contributed by atoms with Crippen molar-refractivity contribution in [2.75, 3.05) is 13.1 Å². The molecule has 0 radical (unpaired) electrons. The fourth-order valence-electron chi connectivity index (χ4n) is 3.92. The molecule has 2 aliphatic rings. The third-order valence-electron chi connectivity index (χ3n) is 5.26. The van der Waals surface area contributed by atoms with Crippen LogP contribution < -0.4 is 0 Å². The molecule has 0 aromatic heterocycles. The standard InChI is InChI=1S/C21H22N2O2/c24-20-10-11-21(25)23(20)15-19-18-9-5-4-8-17(18)12-13-22(19)14-16-6-2-1-3-7-16/h1-9,19H,10-15H2. The van der Waals surface area contributed by atoms with Gasteiger partial charge in [-0.1, -0.05) is 54.6 Å². The van der Waals surface area contributed by atoms with Crippen LogP contribution in [-0.4, -0.2) is 34.7 Å². The summed E-state index contributed by atoms with van der Waals surface area (Å²) in [7, 11) is 0. The number of amides is 2. The van der Waals surface area contributed by atoms with Gasteiger partial charge in [0.05, 0.1) is 6.04 Å². The first-order valence-corrected chi connectivity index (χ1v) is 8.91. The van der Waals surface area contributed by atoms with Crippen LogP contribution in [0.25, 0.3) is 0 Å². The first-order valence-electron chi connectivity index (χ1n) is 8.91. The summed E-state index contributed by atoms with van der Waals surface area (Å²) < 4.78 is 0. The molecule has 1 unspecified atom stereocenters. The molecule has 128 valence electrons. The molecule has 0 N–H and O–H groups in total. The molecule has 4 heteroatoms. The van der Waals surface area contributed by atoms with Gasteiger partial charge in [-0.3, -0.25) is 19.4 Å². The summed E-state index contributed by atoms with van der Waals surface area (Å²) in [5.74, 6) is -0.0690. The Morgan fingerprint density at radius 3 is 2.28 bits per heavy atom. The lowest BCUT2D eigenvalue weighted by Crippen LogP contribution is -2.43. The number of nitrogens with zero attached hydrogens (tertiary/aromatic N) is 2. The van der Waals surface area contributed by atoms with Crippen molar-refractivity contribution >= 4 is 11.8 Å². The van der Waals surface area contributed by atoms with E-state index in [1.165, 1.54) is 21.6 Å². The summed E-state index contributed by atoms with van der Waals surface area (Å²) in [5, 5.41) is 0. The molecule has 4 nitrogen and oxygen atoms in total. The number of hydrogen-bond acceptors (Lipinski definition) is 3. The summed E-state index contributed by atoms with van der Waals surface area (Å²) in [6, 6.07) is 18.9. The van der Waals surface area contributed by atoms with Crippen LogP contribution in [0.2, 0.25) is 0 Å². The number of carbonyl (C=O) groups is 2. The molecule has 1 saturated heterocycles. The first kappa shape index (κ1) is 16.0. The van der Waals surface area contributed by atoms with E-state index in [0.717, 1.165) is 19.5 Å². The lowest BCUT2D eigenvalue weighted by Gasteiger charge is -2.39. The van der Waals surface area contributed by atoms with Crippen molar-refractivity contribution < 1.29 is 9.59 Å². The van der Waals surface area contributed by atoms with Crippen LogP contribution in [0, 0.1) is 0 Å². The smallest absolute Gasteiger partial charge is 0.229 e. The maximum absolute atomic E-state index is 12.1. The molecule has 1 atom stereocenters. The van der Waals surface area contributed by atoms with E-state index in [1.807, 2.05) is 12.1 Å². The number of rotatable bonds is 4. The van der Waals surface area contributed by atoms with E-state index in [0.29, 0.717) is 19.4 Å². The summed E-state index contributed by atoms with van der Waals surface area (Å²) in [6.45, 7) is 2.23. The molecule has 25 heavy (non-hydrogen) atoms. The monoisotopic (exact) mass is 334 g/mol. The zero-order chi connectivity index (χ0) is 17.2. The van der Waals surface area contributed by atoms with Gasteiger partial charge in [-0.05, 0) is 23.1 Å². The zero-order valence-electron chi connectivity index (χ0n) is 14.2. The second-order valence-corrected chi connectivity index (χ2v) is 6.82. The molecule has 4 rings (SSSR count). The predicted octanol–water partition coefficient (Wildman–Crippen LogP) is 2.94. The van der Waals surface area contributed by atoms with Crippen molar-refractivity contribution in [2.45, 2.75) is 31.8 Å². The largest absolute Gasteiger partial charge is 0.290 e. The minimum atomic E-state index is -0.0345. The van der Waals surface area contributed by atoms with E-state index in [-0.39, 0.29) is 17.9 Å². The molecule has 0 spiro atoms. The maximum atomic E-state index is 12.1. The molecular formula is C21H22N2O2. The highest BCUT2D eigenvalue weighted by molar-refractivity contribution is 6.01. The molecule has 2 aromatic rings. The maximum Gasteiger partial charge on any atom is 0.229 e. The Morgan fingerprint density at radius 1 is 0.840 bits per heavy atom. The van der Waals surface area contributed by atoms with Gasteiger partial charge in [0, 0.05) is 32.5 Å². The highest BCUT2D eigenvalue weighted by Gasteiger charge is 2.35. The predicted molar refractivity (Wildman–Crippen MR) is 95.7 cm³/mol. The van der Waals surface area contributed by atoms with Crippen LogP contribution in [0.3, 0.4) is 0 Å². The Balaban J connectivity index is 1.63. The van der Waals surface area contributed by atoms with E-state index in [9.17, 15) is 9.59 Å². The number of carbonyl (C=O) groups excluding carboxylic acids is 2. The lowest BCUT2D eigenvalue weighted by atomic mass is 9.91. The highest BCUT2D eigenvalue weighted by Crippen LogP contribution is 2.32. The van der Waals surface area contributed by atoms with Gasteiger partial charge in [0.25, 0.3) is 0 Å². The van der Waals surface area contributed by atoms with Crippen LogP contribution >= 0.6 is 0 Å². The van der Waals surface area contributed by atoms with E-state index in [1.54, 1.807) is 0 Å². The third kappa shape index (κ3) is 3.22. The van der Waals surface area contributed by atoms with Gasteiger partial charge in [0.1, 0.15) is 0 Å². The molecule has 0 saturated carbocycles. The van der Waals surface area contributed by atoms with Gasteiger partial charge in [-0.25, -0.2) is 0 Å². The molecule has 1 fully saturated rings. The Morgan fingerprint density at radius 2 is 1.52 bits per heavy atom. The van der Waals surface area contributed by atoms with Crippen molar-refractivity contribution in [3.8, 4) is 0 Å². The average Bonchev–Trinajstić information content (AvgIpc) is 2.96. The minimum absolute atomic E-state index is 0.0345. The highest BCUT2D eigenvalue weighted by atomic mass is 16.2. The van der Waals surface area contributed by atoms with Crippen LogP contribution in [-0.2, 0) is 22.6 Å². The van der Waals surface area contributed by atoms with E-state index in [2.05, 4.69) is 47.4 Å². The quantitative estimate of drug-likeness (QED) is 0.807. The topological polar surface area (TPSA) is 40.6 Å². The first-order chi connectivity index (χ1) is 12.2. The van der Waals surface area contributed by atoms with Gasteiger partial charge >= 0.3 is 0 Å². The molecule has 0 bridgehead atoms. The van der Waals surface area contributed by atoms with Crippen molar-refractivity contribution in [2.24, 2.45) is 0 Å². The van der Waals surface area contributed by atoms with Gasteiger partial charge in [0.2, 0.25) is 11.8 Å². The van der Waals surface area contributed by atoms with Crippen LogP contribution in [0.15, 0.2) is 54.6 Å². The second kappa shape index (κ2) is 6.81. The Bertz CT molecular complexity index is 771. The van der Waals surface area contributed by atoms with Crippen LogP contribution in [0.1, 0.15) is 35.6 Å². The van der Waals surface area contributed by atoms with Gasteiger partial charge in [-0.15, -0.1) is 0 Å². The van der Waals surface area contributed by atoms with Crippen molar-refractivity contribution in [1.29, 1.82) is 0 Å². The van der Waals surface area contributed by atoms with E-state index in [4.69, 9.17) is 0 Å². The van der Waals surface area contributed by atoms with Crippen molar-refractivity contribution in [3.05, 3.63) is 71.3 Å². The van der Waals surface area contributed by atoms with Crippen molar-refractivity contribution in [3.63, 3.8) is 0 Å². The van der Waals surface area contributed by atoms with Crippen molar-refractivity contribution in [1.82, 2.24) is 9.80 Å². The molecule has 2 aromatic carbocycles. The number of likely N-dealkylation sites (tertiary alicyclic amines) is 1. The number of hydrogen-bond donors (Lipinski definition) is 0. The number of benzene rings is 2. The Kier molecular flexibility index (Phi) is 4.36. The molecule has 2 heterocycles. The average molecular weight is 334 g/mol. The van der Waals surface area contributed by atoms with Gasteiger partial charge in [-0.2, -0.15) is 0 Å². The zero-order valence-corrected chi connectivity index (χ0v) is 14.2. The van der Waals surface area contributed by atoms with Crippen LogP contribution in [0.4, 0.5) is 0 Å². The van der Waals surface area contributed by atoms with E-state index < -0.39 is 0 Å². The third-order valence-corrected chi connectivity index (χ3v) is 5.26. The normalized spacial score (nSPS) is 20.8. The summed E-state index contributed by atoms with van der Waals surface area (Å²) in [5.41, 5.74) is 3.83. The fourth-order valence-corrected chi connectivity index (χ4v) is 3.92. The number of imide groups is 1. The lowest BCUT2D eigenvalue weighted by molar-refractivity contribution is -0.139. The van der Waals surface area contributed by atoms with Gasteiger partial charge in [0.15, 0.2) is 0 Å². The summed E-state index contributed by atoms with van der Waals surface area (Å²) in [4.78, 5) is 28.1. The van der Waals surface area contributed by atoms with E-state index >= 15 is 0 Å². The fraction of sp³-hybridized carbons (Fsp3) is 0.333. The minimum Gasteiger partial charge on any atom is -0.290 e. The SMILES string of the molecule is O=C1CCC(=O)N1CC1c2ccccc2CCN1Cc1ccccc1. The summed E-state index contributed by atoms with van der Waals surface area (Å²) >= 11 is 0. The molecule has 0 aliphatic carbocycles. The summed E-state index contributed by atoms with van der Waals surface area (Å²) in [6.07, 6.45) is 1.71. The molecule has 2 aliphatic heterocycles. The van der Waals surface area contributed by atoms with Gasteiger partial charge < -0.3 is 0 Å². The van der Waals surface area contributed by atoms with Crippen LogP contribution in [0.5, 0.6) is 0 Å². The molecule has 2 amide bonds.